The summed E-state index contributed by atoms with van der Waals surface area (Å²) in [5, 5.41) is 9.87. The van der Waals surface area contributed by atoms with Gasteiger partial charge in [-0.3, -0.25) is 0 Å². The Morgan fingerprint density at radius 1 is 1.13 bits per heavy atom. The smallest absolute Gasteiger partial charge is 0.432 e. The predicted molar refractivity (Wildman–Crippen MR) is 110 cm³/mol. The Balaban J connectivity index is 1.93. The highest BCUT2D eigenvalue weighted by atomic mass is 79.9. The highest BCUT2D eigenvalue weighted by Gasteiger charge is 2.41. The first-order chi connectivity index (χ1) is 14.7. The Bertz CT molecular complexity index is 1120. The molecule has 0 N–H and O–H groups in total. The van der Waals surface area contributed by atoms with Crippen molar-refractivity contribution in [1.29, 1.82) is 5.26 Å². The summed E-state index contributed by atoms with van der Waals surface area (Å²) < 4.78 is 51.9. The maximum absolute atomic E-state index is 13.8. The van der Waals surface area contributed by atoms with Gasteiger partial charge in [-0.1, -0.05) is 41.9 Å². The second-order valence-corrected chi connectivity index (χ2v) is 7.41. The lowest BCUT2D eigenvalue weighted by atomic mass is 10.1. The molecule has 160 valence electrons. The van der Waals surface area contributed by atoms with E-state index < -0.39 is 35.6 Å². The van der Waals surface area contributed by atoms with Gasteiger partial charge in [0.2, 0.25) is 0 Å². The molecule has 0 radical (unpaired) electrons. The highest BCUT2D eigenvalue weighted by molar-refractivity contribution is 9.10. The third-order valence-electron chi connectivity index (χ3n) is 4.16. The quantitative estimate of drug-likeness (QED) is 0.377. The number of nitriles is 1. The number of hydrogen-bond donors (Lipinski definition) is 0. The topological polar surface area (TPSA) is 64.2 Å². The molecule has 0 atom stereocenters. The number of aromatic nitrogens is 1. The summed E-state index contributed by atoms with van der Waals surface area (Å²) in [5.74, 6) is -0.463. The summed E-state index contributed by atoms with van der Waals surface area (Å²) in [5.41, 5.74) is -1.15. The first-order valence-corrected chi connectivity index (χ1v) is 9.88. The SMILES string of the molecule is N#Cc1c(Br)c(C(F)(F)F)n(COC(=O)COc2ccccc2)c1-c1ccc(Cl)cc1. The van der Waals surface area contributed by atoms with Crippen LogP contribution < -0.4 is 4.74 Å². The van der Waals surface area contributed by atoms with Crippen molar-refractivity contribution < 1.29 is 27.4 Å². The molecule has 2 aromatic carbocycles. The highest BCUT2D eigenvalue weighted by Crippen LogP contribution is 2.43. The lowest BCUT2D eigenvalue weighted by Crippen LogP contribution is -2.21. The first kappa shape index (κ1) is 22.7. The van der Waals surface area contributed by atoms with E-state index in [1.54, 1.807) is 36.4 Å². The molecule has 0 unspecified atom stereocenters. The minimum Gasteiger partial charge on any atom is -0.482 e. The molecule has 0 aliphatic rings. The van der Waals surface area contributed by atoms with Crippen molar-refractivity contribution in [2.75, 3.05) is 6.61 Å². The molecule has 0 amide bonds. The maximum atomic E-state index is 13.8. The van der Waals surface area contributed by atoms with Crippen LogP contribution in [0.5, 0.6) is 5.75 Å². The third-order valence-corrected chi connectivity index (χ3v) is 5.18. The molecular formula is C21H13BrClF3N2O3. The van der Waals surface area contributed by atoms with Crippen molar-refractivity contribution in [3.63, 3.8) is 0 Å². The fourth-order valence-corrected chi connectivity index (χ4v) is 3.68. The molecule has 31 heavy (non-hydrogen) atoms. The zero-order valence-corrected chi connectivity index (χ0v) is 18.0. The summed E-state index contributed by atoms with van der Waals surface area (Å²) in [7, 11) is 0. The molecule has 0 saturated carbocycles. The van der Waals surface area contributed by atoms with Crippen molar-refractivity contribution >= 4 is 33.5 Å². The third kappa shape index (κ3) is 5.21. The van der Waals surface area contributed by atoms with Crippen LogP contribution in [0.15, 0.2) is 59.1 Å². The van der Waals surface area contributed by atoms with Crippen LogP contribution in [0.25, 0.3) is 11.3 Å². The number of ether oxygens (including phenoxy) is 2. The Morgan fingerprint density at radius 2 is 1.77 bits per heavy atom. The number of benzene rings is 2. The van der Waals surface area contributed by atoms with Crippen molar-refractivity contribution in [1.82, 2.24) is 4.57 Å². The Morgan fingerprint density at radius 3 is 2.35 bits per heavy atom. The van der Waals surface area contributed by atoms with Gasteiger partial charge in [-0.05, 0) is 45.8 Å². The molecule has 0 aliphatic carbocycles. The van der Waals surface area contributed by atoms with Crippen LogP contribution >= 0.6 is 27.5 Å². The van der Waals surface area contributed by atoms with Crippen LogP contribution in [0.1, 0.15) is 11.3 Å². The Labute approximate surface area is 188 Å². The van der Waals surface area contributed by atoms with E-state index in [1.807, 2.05) is 0 Å². The van der Waals surface area contributed by atoms with Gasteiger partial charge < -0.3 is 14.0 Å². The Hall–Kier alpha value is -2.96. The summed E-state index contributed by atoms with van der Waals surface area (Å²) in [6, 6.07) is 16.1. The number of carbonyl (C=O) groups is 1. The van der Waals surface area contributed by atoms with Crippen LogP contribution in [0.3, 0.4) is 0 Å². The average Bonchev–Trinajstić information content (AvgIpc) is 3.03. The van der Waals surface area contributed by atoms with Gasteiger partial charge in [-0.2, -0.15) is 18.4 Å². The van der Waals surface area contributed by atoms with Crippen molar-refractivity contribution in [3.05, 3.63) is 75.4 Å². The number of alkyl halides is 3. The second kappa shape index (κ2) is 9.45. The van der Waals surface area contributed by atoms with E-state index in [9.17, 15) is 23.2 Å². The standard InChI is InChI=1S/C21H13BrClF3N2O3/c22-18-16(10-27)19(13-6-8-14(23)9-7-13)28(20(18)21(24,25)26)12-31-17(29)11-30-15-4-2-1-3-5-15/h1-9H,11-12H2. The molecule has 5 nitrogen and oxygen atoms in total. The van der Waals surface area contributed by atoms with Gasteiger partial charge in [0, 0.05) is 5.02 Å². The van der Waals surface area contributed by atoms with Crippen LogP contribution in [-0.4, -0.2) is 17.1 Å². The number of carbonyl (C=O) groups excluding carboxylic acids is 1. The monoisotopic (exact) mass is 512 g/mol. The number of rotatable bonds is 6. The van der Waals surface area contributed by atoms with E-state index in [-0.39, 0.29) is 11.3 Å². The molecule has 3 rings (SSSR count). The average molecular weight is 514 g/mol. The molecular weight excluding hydrogens is 501 g/mol. The van der Waals surface area contributed by atoms with Crippen molar-refractivity contribution in [2.45, 2.75) is 12.9 Å². The van der Waals surface area contributed by atoms with Gasteiger partial charge in [-0.25, -0.2) is 4.79 Å². The summed E-state index contributed by atoms with van der Waals surface area (Å²) in [6.45, 7) is -1.26. The van der Waals surface area contributed by atoms with Gasteiger partial charge in [0.15, 0.2) is 13.3 Å². The van der Waals surface area contributed by atoms with E-state index in [0.717, 1.165) is 4.57 Å². The normalized spacial score (nSPS) is 11.1. The fraction of sp³-hybridized carbons (Fsp3) is 0.143. The number of nitrogens with zero attached hydrogens (tertiary/aromatic N) is 2. The fourth-order valence-electron chi connectivity index (χ4n) is 2.84. The van der Waals surface area contributed by atoms with Gasteiger partial charge in [0.05, 0.1) is 15.7 Å². The van der Waals surface area contributed by atoms with Crippen molar-refractivity contribution in [3.8, 4) is 23.1 Å². The predicted octanol–water partition coefficient (Wildman–Crippen LogP) is 6.04. The molecule has 1 aromatic heterocycles. The number of halogens is 5. The van der Waals surface area contributed by atoms with Gasteiger partial charge in [0.25, 0.3) is 0 Å². The van der Waals surface area contributed by atoms with Gasteiger partial charge in [-0.15, -0.1) is 0 Å². The maximum Gasteiger partial charge on any atom is 0.432 e. The van der Waals surface area contributed by atoms with E-state index in [2.05, 4.69) is 15.9 Å². The number of hydrogen-bond acceptors (Lipinski definition) is 4. The molecule has 0 saturated heterocycles. The van der Waals surface area contributed by atoms with Crippen LogP contribution in [-0.2, 0) is 22.4 Å². The number of esters is 1. The Kier molecular flexibility index (Phi) is 6.93. The zero-order valence-electron chi connectivity index (χ0n) is 15.6. The minimum atomic E-state index is -4.82. The summed E-state index contributed by atoms with van der Waals surface area (Å²) in [6.07, 6.45) is -4.82. The van der Waals surface area contributed by atoms with Gasteiger partial charge >= 0.3 is 12.1 Å². The van der Waals surface area contributed by atoms with Crippen LogP contribution in [0.2, 0.25) is 5.02 Å². The lowest BCUT2D eigenvalue weighted by Gasteiger charge is -2.16. The van der Waals surface area contributed by atoms with E-state index in [0.29, 0.717) is 16.3 Å². The van der Waals surface area contributed by atoms with Crippen molar-refractivity contribution in [2.24, 2.45) is 0 Å². The van der Waals surface area contributed by atoms with Crippen LogP contribution in [0, 0.1) is 11.3 Å². The minimum absolute atomic E-state index is 0.0601. The summed E-state index contributed by atoms with van der Waals surface area (Å²) >= 11 is 8.74. The van der Waals surface area contributed by atoms with Gasteiger partial charge in [0.1, 0.15) is 17.5 Å². The largest absolute Gasteiger partial charge is 0.482 e. The van der Waals surface area contributed by atoms with E-state index >= 15 is 0 Å². The second-order valence-electron chi connectivity index (χ2n) is 6.18. The molecule has 0 aliphatic heterocycles. The number of para-hydroxylation sites is 1. The zero-order chi connectivity index (χ0) is 22.6. The van der Waals surface area contributed by atoms with E-state index in [1.165, 1.54) is 24.3 Å². The lowest BCUT2D eigenvalue weighted by molar-refractivity contribution is -0.156. The molecule has 1 heterocycles. The molecule has 10 heteroatoms. The molecule has 0 spiro atoms. The van der Waals surface area contributed by atoms with Crippen LogP contribution in [0.4, 0.5) is 13.2 Å². The first-order valence-electron chi connectivity index (χ1n) is 8.71. The molecule has 0 fully saturated rings. The molecule has 3 aromatic rings. The van der Waals surface area contributed by atoms with E-state index in [4.69, 9.17) is 21.1 Å². The molecule has 0 bridgehead atoms. The summed E-state index contributed by atoms with van der Waals surface area (Å²) in [4.78, 5) is 12.1.